The number of rotatable bonds is 4. The van der Waals surface area contributed by atoms with Gasteiger partial charge < -0.3 is 4.74 Å². The van der Waals surface area contributed by atoms with Crippen LogP contribution in [0.1, 0.15) is 11.3 Å². The minimum absolute atomic E-state index is 0.774. The molecule has 1 aromatic heterocycles. The zero-order chi connectivity index (χ0) is 17.8. The summed E-state index contributed by atoms with van der Waals surface area (Å²) in [5, 5.41) is 0.964. The summed E-state index contributed by atoms with van der Waals surface area (Å²) in [5.41, 5.74) is 3.94. The summed E-state index contributed by atoms with van der Waals surface area (Å²) >= 11 is 0. The van der Waals surface area contributed by atoms with Gasteiger partial charge in [0.25, 0.3) is 0 Å². The molecule has 2 nitrogen and oxygen atoms in total. The zero-order valence-electron chi connectivity index (χ0n) is 14.6. The highest BCUT2D eigenvalue weighted by Crippen LogP contribution is 2.40. The van der Waals surface area contributed by atoms with Crippen LogP contribution in [0.2, 0.25) is 0 Å². The minimum Gasteiger partial charge on any atom is -0.495 e. The standard InChI is InChI=1S/C24H19O2/c1-25-24-20-14-8-9-15-21(20)26-22(17-16-18-10-4-2-5-11-18)23(24)19-12-6-3-7-13-19/h2-17H,1H3/q+1. The van der Waals surface area contributed by atoms with E-state index in [-0.39, 0.29) is 0 Å². The van der Waals surface area contributed by atoms with Gasteiger partial charge in [0.1, 0.15) is 10.9 Å². The van der Waals surface area contributed by atoms with Gasteiger partial charge in [-0.2, -0.15) is 0 Å². The van der Waals surface area contributed by atoms with E-state index in [1.165, 1.54) is 0 Å². The average molecular weight is 339 g/mol. The van der Waals surface area contributed by atoms with E-state index in [0.717, 1.165) is 39.2 Å². The Kier molecular flexibility index (Phi) is 4.48. The van der Waals surface area contributed by atoms with Crippen LogP contribution in [-0.4, -0.2) is 7.11 Å². The molecule has 0 N–H and O–H groups in total. The first-order valence-corrected chi connectivity index (χ1v) is 8.58. The normalized spacial score (nSPS) is 11.1. The van der Waals surface area contributed by atoms with Gasteiger partial charge in [0.15, 0.2) is 5.75 Å². The molecule has 0 fully saturated rings. The first-order valence-electron chi connectivity index (χ1n) is 8.58. The van der Waals surface area contributed by atoms with E-state index in [9.17, 15) is 0 Å². The Bertz CT molecular complexity index is 1050. The first-order chi connectivity index (χ1) is 12.9. The number of benzene rings is 3. The maximum absolute atomic E-state index is 6.24. The van der Waals surface area contributed by atoms with Crippen molar-refractivity contribution >= 4 is 23.1 Å². The van der Waals surface area contributed by atoms with E-state index in [4.69, 9.17) is 9.15 Å². The monoisotopic (exact) mass is 339 g/mol. The van der Waals surface area contributed by atoms with Crippen molar-refractivity contribution in [1.29, 1.82) is 0 Å². The maximum atomic E-state index is 6.24. The predicted octanol–water partition coefficient (Wildman–Crippen LogP) is 6.56. The topological polar surface area (TPSA) is 20.5 Å². The second kappa shape index (κ2) is 7.24. The van der Waals surface area contributed by atoms with Gasteiger partial charge in [-0.15, -0.1) is 0 Å². The van der Waals surface area contributed by atoms with Crippen LogP contribution in [0.3, 0.4) is 0 Å². The van der Waals surface area contributed by atoms with Crippen molar-refractivity contribution in [3.63, 3.8) is 0 Å². The van der Waals surface area contributed by atoms with Gasteiger partial charge in [0, 0.05) is 12.1 Å². The third-order valence-electron chi connectivity index (χ3n) is 4.32. The fourth-order valence-corrected chi connectivity index (χ4v) is 3.10. The summed E-state index contributed by atoms with van der Waals surface area (Å²) in [4.78, 5) is 0. The molecule has 0 aliphatic heterocycles. The Morgan fingerprint density at radius 2 is 1.38 bits per heavy atom. The zero-order valence-corrected chi connectivity index (χ0v) is 14.6. The Morgan fingerprint density at radius 3 is 2.12 bits per heavy atom. The molecule has 3 aromatic carbocycles. The molecule has 0 bridgehead atoms. The Morgan fingerprint density at radius 1 is 0.731 bits per heavy atom. The lowest BCUT2D eigenvalue weighted by Gasteiger charge is -2.08. The number of para-hydroxylation sites is 1. The van der Waals surface area contributed by atoms with E-state index in [2.05, 4.69) is 30.3 Å². The third-order valence-corrected chi connectivity index (χ3v) is 4.32. The largest absolute Gasteiger partial charge is 0.495 e. The summed E-state index contributed by atoms with van der Waals surface area (Å²) in [6.07, 6.45) is 4.06. The van der Waals surface area contributed by atoms with E-state index >= 15 is 0 Å². The van der Waals surface area contributed by atoms with Crippen molar-refractivity contribution in [1.82, 2.24) is 0 Å². The van der Waals surface area contributed by atoms with E-state index in [0.29, 0.717) is 0 Å². The van der Waals surface area contributed by atoms with Gasteiger partial charge in [-0.1, -0.05) is 72.8 Å². The fourth-order valence-electron chi connectivity index (χ4n) is 3.10. The lowest BCUT2D eigenvalue weighted by molar-refractivity contribution is 0.417. The van der Waals surface area contributed by atoms with Crippen molar-refractivity contribution in [3.05, 3.63) is 96.3 Å². The number of hydrogen-bond donors (Lipinski definition) is 0. The lowest BCUT2D eigenvalue weighted by Crippen LogP contribution is -1.93. The predicted molar refractivity (Wildman–Crippen MR) is 108 cm³/mol. The molecular formula is C24H19O2+. The fraction of sp³-hybridized carbons (Fsp3) is 0.0417. The van der Waals surface area contributed by atoms with Crippen molar-refractivity contribution in [2.24, 2.45) is 0 Å². The van der Waals surface area contributed by atoms with Crippen LogP contribution in [0, 0.1) is 0 Å². The summed E-state index contributed by atoms with van der Waals surface area (Å²) in [5.74, 6) is 1.60. The molecule has 0 amide bonds. The minimum atomic E-state index is 0.774. The molecule has 0 radical (unpaired) electrons. The van der Waals surface area contributed by atoms with Gasteiger partial charge in [0.2, 0.25) is 0 Å². The van der Waals surface area contributed by atoms with Gasteiger partial charge in [0.05, 0.1) is 7.11 Å². The smallest absolute Gasteiger partial charge is 0.365 e. The van der Waals surface area contributed by atoms with E-state index in [1.54, 1.807) is 7.11 Å². The maximum Gasteiger partial charge on any atom is 0.365 e. The Labute approximate surface area is 153 Å². The molecule has 1 heterocycles. The SMILES string of the molecule is COc1c(-c2ccccc2)c(C=Cc2ccccc2)[o+]c2ccccc12. The van der Waals surface area contributed by atoms with Crippen molar-refractivity contribution in [2.75, 3.05) is 7.11 Å². The molecule has 0 atom stereocenters. The number of methoxy groups -OCH3 is 1. The van der Waals surface area contributed by atoms with Crippen molar-refractivity contribution in [3.8, 4) is 16.9 Å². The Balaban J connectivity index is 1.97. The number of hydrogen-bond acceptors (Lipinski definition) is 1. The molecule has 0 saturated heterocycles. The highest BCUT2D eigenvalue weighted by molar-refractivity contribution is 5.94. The molecule has 0 aliphatic rings. The number of ether oxygens (including phenoxy) is 1. The molecule has 26 heavy (non-hydrogen) atoms. The average Bonchev–Trinajstić information content (AvgIpc) is 2.72. The second-order valence-corrected chi connectivity index (χ2v) is 5.98. The molecule has 0 unspecified atom stereocenters. The van der Waals surface area contributed by atoms with Crippen molar-refractivity contribution in [2.45, 2.75) is 0 Å². The van der Waals surface area contributed by atoms with Gasteiger partial charge >= 0.3 is 11.3 Å². The summed E-state index contributed by atoms with van der Waals surface area (Å²) < 4.78 is 12.1. The van der Waals surface area contributed by atoms with Crippen LogP contribution >= 0.6 is 0 Å². The summed E-state index contributed by atoms with van der Waals surface area (Å²) in [6, 6.07) is 28.3. The third kappa shape index (κ3) is 3.09. The molecule has 126 valence electrons. The van der Waals surface area contributed by atoms with Crippen molar-refractivity contribution < 1.29 is 9.15 Å². The molecule has 4 aromatic rings. The van der Waals surface area contributed by atoms with Crippen LogP contribution in [0.5, 0.6) is 5.75 Å². The summed E-state index contributed by atoms with van der Waals surface area (Å²) in [6.45, 7) is 0. The quantitative estimate of drug-likeness (QED) is 0.392. The highest BCUT2D eigenvalue weighted by Gasteiger charge is 2.25. The van der Waals surface area contributed by atoms with Crippen LogP contribution in [0.4, 0.5) is 0 Å². The van der Waals surface area contributed by atoms with Crippen LogP contribution in [-0.2, 0) is 0 Å². The molecule has 2 heteroatoms. The molecule has 4 rings (SSSR count). The van der Waals surface area contributed by atoms with Gasteiger partial charge in [-0.3, -0.25) is 0 Å². The van der Waals surface area contributed by atoms with Crippen LogP contribution < -0.4 is 4.74 Å². The molecular weight excluding hydrogens is 320 g/mol. The first kappa shape index (κ1) is 16.1. The summed E-state index contributed by atoms with van der Waals surface area (Å²) in [7, 11) is 1.71. The molecule has 0 aliphatic carbocycles. The van der Waals surface area contributed by atoms with E-state index < -0.39 is 0 Å². The lowest BCUT2D eigenvalue weighted by atomic mass is 10.0. The highest BCUT2D eigenvalue weighted by atomic mass is 16.5. The van der Waals surface area contributed by atoms with Crippen LogP contribution in [0.15, 0.2) is 89.3 Å². The molecule has 0 spiro atoms. The Hall–Kier alpha value is -3.39. The second-order valence-electron chi connectivity index (χ2n) is 5.98. The van der Waals surface area contributed by atoms with E-state index in [1.807, 2.05) is 66.7 Å². The van der Waals surface area contributed by atoms with Gasteiger partial charge in [-0.25, -0.2) is 4.42 Å². The van der Waals surface area contributed by atoms with Crippen LogP contribution in [0.25, 0.3) is 34.2 Å². The number of fused-ring (bicyclic) bond motifs is 1. The van der Waals surface area contributed by atoms with Gasteiger partial charge in [-0.05, 0) is 23.3 Å². The molecule has 0 saturated carbocycles.